The van der Waals surface area contributed by atoms with Crippen LogP contribution in [0.15, 0.2) is 18.2 Å². The van der Waals surface area contributed by atoms with Gasteiger partial charge in [-0.25, -0.2) is 14.0 Å². The maximum Gasteiger partial charge on any atom is 0.335 e. The van der Waals surface area contributed by atoms with Crippen molar-refractivity contribution in [2.45, 2.75) is 57.9 Å². The molecule has 4 bridgehead atoms. The van der Waals surface area contributed by atoms with E-state index < -0.39 is 17.8 Å². The number of halogens is 1. The minimum atomic E-state index is -1.20. The average Bonchev–Trinajstić information content (AvgIpc) is 2.44. The predicted octanol–water partition coefficient (Wildman–Crippen LogP) is 4.39. The Bertz CT molecular complexity index is 775. The molecule has 4 saturated carbocycles. The fourth-order valence-electron chi connectivity index (χ4n) is 6.73. The van der Waals surface area contributed by atoms with E-state index in [9.17, 15) is 14.0 Å². The third-order valence-electron chi connectivity index (χ3n) is 6.47. The van der Waals surface area contributed by atoms with E-state index >= 15 is 0 Å². The minimum Gasteiger partial charge on any atom is -0.478 e. The first-order chi connectivity index (χ1) is 12.1. The lowest BCUT2D eigenvalue weighted by Crippen LogP contribution is -2.65. The fraction of sp³-hybridized carbons (Fsp3) is 0.600. The molecule has 4 atom stereocenters. The van der Waals surface area contributed by atoms with Crippen molar-refractivity contribution in [1.82, 2.24) is 5.32 Å². The Morgan fingerprint density at radius 3 is 2.31 bits per heavy atom. The number of carbonyl (C=O) groups excluding carboxylic acids is 1. The highest BCUT2D eigenvalue weighted by Gasteiger charge is 2.60. The van der Waals surface area contributed by atoms with E-state index in [4.69, 9.17) is 5.11 Å². The summed E-state index contributed by atoms with van der Waals surface area (Å²) in [6.07, 6.45) is 6.62. The van der Waals surface area contributed by atoms with Gasteiger partial charge in [-0.3, -0.25) is 0 Å². The summed E-state index contributed by atoms with van der Waals surface area (Å²) in [5.74, 6) is -1.30. The van der Waals surface area contributed by atoms with Crippen molar-refractivity contribution < 1.29 is 19.1 Å². The van der Waals surface area contributed by atoms with Gasteiger partial charge in [0, 0.05) is 5.54 Å². The van der Waals surface area contributed by atoms with Crippen LogP contribution < -0.4 is 10.6 Å². The number of anilines is 1. The van der Waals surface area contributed by atoms with Gasteiger partial charge in [-0.1, -0.05) is 13.8 Å². The zero-order valence-corrected chi connectivity index (χ0v) is 15.2. The monoisotopic (exact) mass is 360 g/mol. The molecule has 3 N–H and O–H groups in total. The molecule has 0 heterocycles. The van der Waals surface area contributed by atoms with Crippen LogP contribution in [0.2, 0.25) is 0 Å². The Hall–Kier alpha value is -2.11. The number of aromatic carboxylic acids is 1. The molecule has 0 aromatic heterocycles. The van der Waals surface area contributed by atoms with E-state index in [0.29, 0.717) is 5.92 Å². The van der Waals surface area contributed by atoms with Crippen LogP contribution in [0.5, 0.6) is 0 Å². The molecule has 1 aromatic rings. The number of carbonyl (C=O) groups is 2. The van der Waals surface area contributed by atoms with E-state index in [1.54, 1.807) is 0 Å². The fourth-order valence-corrected chi connectivity index (χ4v) is 6.73. The van der Waals surface area contributed by atoms with Gasteiger partial charge in [0.15, 0.2) is 0 Å². The maximum absolute atomic E-state index is 14.1. The summed E-state index contributed by atoms with van der Waals surface area (Å²) in [6, 6.07) is 3.08. The normalized spacial score (nSPS) is 37.4. The van der Waals surface area contributed by atoms with Crippen LogP contribution in [0.25, 0.3) is 0 Å². The standard InChI is InChI=1S/C20H25FN2O3/c1-18-6-12-7-19(2,9-18)11-20(8-12,10-18)23-17(26)22-15-4-3-13(16(24)25)5-14(15)21/h3-5,12H,6-11H2,1-2H3,(H,24,25)(H2,22,23,26)/t12?,18-,19+,20?. The van der Waals surface area contributed by atoms with Crippen LogP contribution in [-0.2, 0) is 0 Å². The van der Waals surface area contributed by atoms with Crippen molar-refractivity contribution in [3.63, 3.8) is 0 Å². The van der Waals surface area contributed by atoms with E-state index in [2.05, 4.69) is 24.5 Å². The maximum atomic E-state index is 14.1. The van der Waals surface area contributed by atoms with E-state index in [1.807, 2.05) is 0 Å². The number of nitrogens with one attached hydrogen (secondary N) is 2. The Kier molecular flexibility index (Phi) is 3.62. The molecule has 0 spiro atoms. The molecule has 5 rings (SSSR count). The second-order valence-electron chi connectivity index (χ2n) is 9.49. The Morgan fingerprint density at radius 1 is 1.12 bits per heavy atom. The Morgan fingerprint density at radius 2 is 1.77 bits per heavy atom. The van der Waals surface area contributed by atoms with Crippen molar-refractivity contribution in [3.8, 4) is 0 Å². The predicted molar refractivity (Wildman–Crippen MR) is 95.7 cm³/mol. The lowest BCUT2D eigenvalue weighted by atomic mass is 9.43. The molecule has 6 heteroatoms. The van der Waals surface area contributed by atoms with Crippen molar-refractivity contribution in [3.05, 3.63) is 29.6 Å². The molecule has 0 radical (unpaired) electrons. The summed E-state index contributed by atoms with van der Waals surface area (Å²) in [6.45, 7) is 4.66. The van der Waals surface area contributed by atoms with E-state index in [1.165, 1.54) is 31.4 Å². The molecular weight excluding hydrogens is 335 g/mol. The highest BCUT2D eigenvalue weighted by molar-refractivity contribution is 5.92. The molecule has 2 amide bonds. The second kappa shape index (κ2) is 5.44. The Labute approximate surface area is 152 Å². The topological polar surface area (TPSA) is 78.4 Å². The number of hydrogen-bond donors (Lipinski definition) is 3. The molecule has 4 aliphatic carbocycles. The van der Waals surface area contributed by atoms with Crippen LogP contribution >= 0.6 is 0 Å². The first-order valence-electron chi connectivity index (χ1n) is 9.22. The van der Waals surface area contributed by atoms with Crippen molar-refractivity contribution in [2.24, 2.45) is 16.7 Å². The molecule has 5 nitrogen and oxygen atoms in total. The van der Waals surface area contributed by atoms with Crippen molar-refractivity contribution in [1.29, 1.82) is 0 Å². The van der Waals surface area contributed by atoms with E-state index in [-0.39, 0.29) is 27.6 Å². The largest absolute Gasteiger partial charge is 0.478 e. The molecule has 0 aliphatic heterocycles. The Balaban J connectivity index is 1.50. The molecule has 4 fully saturated rings. The number of urea groups is 1. The molecule has 26 heavy (non-hydrogen) atoms. The highest BCUT2D eigenvalue weighted by atomic mass is 19.1. The average molecular weight is 360 g/mol. The number of rotatable bonds is 3. The third kappa shape index (κ3) is 2.95. The van der Waals surface area contributed by atoms with Crippen molar-refractivity contribution >= 4 is 17.7 Å². The summed E-state index contributed by atoms with van der Waals surface area (Å²) >= 11 is 0. The van der Waals surface area contributed by atoms with Gasteiger partial charge in [-0.15, -0.1) is 0 Å². The van der Waals surface area contributed by atoms with Crippen molar-refractivity contribution in [2.75, 3.05) is 5.32 Å². The number of benzene rings is 1. The van der Waals surface area contributed by atoms with Gasteiger partial charge in [0.2, 0.25) is 0 Å². The summed E-state index contributed by atoms with van der Waals surface area (Å²) in [4.78, 5) is 23.5. The summed E-state index contributed by atoms with van der Waals surface area (Å²) in [5.41, 5.74) is 0.181. The number of amides is 2. The summed E-state index contributed by atoms with van der Waals surface area (Å²) in [5, 5.41) is 14.6. The number of carboxylic acids is 1. The van der Waals surface area contributed by atoms with Crippen LogP contribution in [0.3, 0.4) is 0 Å². The van der Waals surface area contributed by atoms with Gasteiger partial charge in [0.1, 0.15) is 5.82 Å². The molecule has 2 unspecified atom stereocenters. The molecule has 4 aliphatic rings. The third-order valence-corrected chi connectivity index (χ3v) is 6.47. The lowest BCUT2D eigenvalue weighted by Gasteiger charge is -2.65. The first kappa shape index (κ1) is 17.3. The second-order valence-corrected chi connectivity index (χ2v) is 9.49. The SMILES string of the molecule is C[C@]12CC3CC(NC(=O)Nc4ccc(C(=O)O)cc4F)(C1)C[C@@](C)(C3)C2. The van der Waals surface area contributed by atoms with Gasteiger partial charge < -0.3 is 15.7 Å². The molecule has 0 saturated heterocycles. The van der Waals surface area contributed by atoms with Gasteiger partial charge in [-0.2, -0.15) is 0 Å². The van der Waals surface area contributed by atoms with Crippen LogP contribution in [-0.4, -0.2) is 22.6 Å². The molecule has 1 aromatic carbocycles. The summed E-state index contributed by atoms with van der Waals surface area (Å²) in [7, 11) is 0. The quantitative estimate of drug-likeness (QED) is 0.748. The smallest absolute Gasteiger partial charge is 0.335 e. The minimum absolute atomic E-state index is 0.00495. The van der Waals surface area contributed by atoms with Gasteiger partial charge >= 0.3 is 12.0 Å². The van der Waals surface area contributed by atoms with Crippen LogP contribution in [0.1, 0.15) is 62.7 Å². The lowest BCUT2D eigenvalue weighted by molar-refractivity contribution is -0.113. The van der Waals surface area contributed by atoms with Gasteiger partial charge in [0.05, 0.1) is 11.3 Å². The van der Waals surface area contributed by atoms with Crippen LogP contribution in [0.4, 0.5) is 14.9 Å². The number of hydrogen-bond acceptors (Lipinski definition) is 2. The zero-order valence-electron chi connectivity index (χ0n) is 15.2. The highest BCUT2D eigenvalue weighted by Crippen LogP contribution is 2.66. The summed E-state index contributed by atoms with van der Waals surface area (Å²) < 4.78 is 14.1. The zero-order chi connectivity index (χ0) is 18.7. The molecular formula is C20H25FN2O3. The first-order valence-corrected chi connectivity index (χ1v) is 9.22. The van der Waals surface area contributed by atoms with Gasteiger partial charge in [0.25, 0.3) is 0 Å². The number of carboxylic acid groups (broad SMARTS) is 1. The van der Waals surface area contributed by atoms with Gasteiger partial charge in [-0.05, 0) is 73.5 Å². The van der Waals surface area contributed by atoms with E-state index in [0.717, 1.165) is 25.3 Å². The van der Waals surface area contributed by atoms with Crippen LogP contribution in [0, 0.1) is 22.6 Å². The molecule has 140 valence electrons.